The van der Waals surface area contributed by atoms with Crippen LogP contribution >= 0.6 is 0 Å². The maximum absolute atomic E-state index is 4.18. The summed E-state index contributed by atoms with van der Waals surface area (Å²) in [5.41, 5.74) is 1.23. The highest BCUT2D eigenvalue weighted by Gasteiger charge is 2.21. The zero-order valence-corrected chi connectivity index (χ0v) is 11.6. The van der Waals surface area contributed by atoms with E-state index in [-0.39, 0.29) is 0 Å². The maximum Gasteiger partial charge on any atom is 0.0759 e. The molecular weight excluding hydrogens is 212 g/mol. The minimum Gasteiger partial charge on any atom is -0.309 e. The van der Waals surface area contributed by atoms with E-state index in [4.69, 9.17) is 0 Å². The molecule has 0 radical (unpaired) electrons. The van der Waals surface area contributed by atoms with Crippen molar-refractivity contribution < 1.29 is 0 Å². The van der Waals surface area contributed by atoms with Crippen LogP contribution in [0.3, 0.4) is 0 Å². The zero-order chi connectivity index (χ0) is 12.7. The number of nitrogens with one attached hydrogen (secondary N) is 1. The predicted octanol–water partition coefficient (Wildman–Crippen LogP) is 2.77. The molecule has 0 aliphatic rings. The Bertz CT molecular complexity index is 308. The second kappa shape index (κ2) is 7.43. The van der Waals surface area contributed by atoms with Gasteiger partial charge in [-0.2, -0.15) is 0 Å². The fourth-order valence-electron chi connectivity index (χ4n) is 2.33. The first-order chi connectivity index (χ1) is 8.24. The number of aromatic nitrogens is 3. The fourth-order valence-corrected chi connectivity index (χ4v) is 2.33. The van der Waals surface area contributed by atoms with Gasteiger partial charge in [0, 0.05) is 6.54 Å². The summed E-state index contributed by atoms with van der Waals surface area (Å²) < 4.78 is 2.04. The van der Waals surface area contributed by atoms with Crippen molar-refractivity contribution in [2.24, 2.45) is 5.92 Å². The van der Waals surface area contributed by atoms with Gasteiger partial charge >= 0.3 is 0 Å². The minimum absolute atomic E-state index is 0.376. The largest absolute Gasteiger partial charge is 0.309 e. The van der Waals surface area contributed by atoms with E-state index in [2.05, 4.69) is 43.3 Å². The van der Waals surface area contributed by atoms with Crippen molar-refractivity contribution in [3.63, 3.8) is 0 Å². The van der Waals surface area contributed by atoms with Crippen molar-refractivity contribution in [3.8, 4) is 0 Å². The lowest BCUT2D eigenvalue weighted by molar-refractivity contribution is 0.345. The Kier molecular flexibility index (Phi) is 6.19. The first-order valence-electron chi connectivity index (χ1n) is 6.86. The van der Waals surface area contributed by atoms with Crippen LogP contribution in [0.2, 0.25) is 0 Å². The van der Waals surface area contributed by atoms with Crippen molar-refractivity contribution >= 4 is 0 Å². The number of rotatable bonds is 8. The molecular formula is C13H26N4. The lowest BCUT2D eigenvalue weighted by Gasteiger charge is -2.24. The van der Waals surface area contributed by atoms with Crippen molar-refractivity contribution in [3.05, 3.63) is 11.9 Å². The summed E-state index contributed by atoms with van der Waals surface area (Å²) in [6.07, 6.45) is 5.46. The average Bonchev–Trinajstić information content (AvgIpc) is 2.75. The number of hydrogen-bond donors (Lipinski definition) is 1. The Morgan fingerprint density at radius 2 is 2.06 bits per heavy atom. The van der Waals surface area contributed by atoms with Gasteiger partial charge in [-0.3, -0.25) is 0 Å². The van der Waals surface area contributed by atoms with Gasteiger partial charge < -0.3 is 5.32 Å². The Labute approximate surface area is 105 Å². The van der Waals surface area contributed by atoms with Crippen LogP contribution in [0.1, 0.15) is 58.7 Å². The maximum atomic E-state index is 4.18. The van der Waals surface area contributed by atoms with Gasteiger partial charge in [-0.05, 0) is 25.3 Å². The summed E-state index contributed by atoms with van der Waals surface area (Å²) in [5.74, 6) is 0.619. The fraction of sp³-hybridized carbons (Fsp3) is 0.846. The molecule has 0 fully saturated rings. The van der Waals surface area contributed by atoms with Crippen LogP contribution in [-0.4, -0.2) is 21.5 Å². The van der Waals surface area contributed by atoms with E-state index in [1.54, 1.807) is 0 Å². The van der Waals surface area contributed by atoms with Crippen LogP contribution in [0.25, 0.3) is 0 Å². The summed E-state index contributed by atoms with van der Waals surface area (Å²) in [6, 6.07) is 0.376. The molecule has 1 aromatic heterocycles. The van der Waals surface area contributed by atoms with Gasteiger partial charge in [-0.15, -0.1) is 5.10 Å². The van der Waals surface area contributed by atoms with E-state index in [1.807, 2.05) is 10.9 Å². The van der Waals surface area contributed by atoms with E-state index in [0.29, 0.717) is 12.0 Å². The molecule has 0 aliphatic carbocycles. The normalized spacial score (nSPS) is 14.8. The van der Waals surface area contributed by atoms with Crippen LogP contribution in [0.4, 0.5) is 0 Å². The van der Waals surface area contributed by atoms with E-state index in [1.165, 1.54) is 18.5 Å². The van der Waals surface area contributed by atoms with E-state index in [0.717, 1.165) is 19.5 Å². The average molecular weight is 238 g/mol. The lowest BCUT2D eigenvalue weighted by Crippen LogP contribution is -2.29. The molecule has 4 nitrogen and oxygen atoms in total. The molecule has 2 atom stereocenters. The predicted molar refractivity (Wildman–Crippen MR) is 70.8 cm³/mol. The van der Waals surface area contributed by atoms with Crippen molar-refractivity contribution in [1.82, 2.24) is 20.3 Å². The van der Waals surface area contributed by atoms with Crippen molar-refractivity contribution in [1.29, 1.82) is 0 Å². The van der Waals surface area contributed by atoms with Gasteiger partial charge in [0.1, 0.15) is 0 Å². The molecule has 0 aromatic carbocycles. The first kappa shape index (κ1) is 14.2. The number of nitrogens with zero attached hydrogens (tertiary/aromatic N) is 3. The lowest BCUT2D eigenvalue weighted by atomic mass is 9.94. The van der Waals surface area contributed by atoms with E-state index >= 15 is 0 Å². The highest BCUT2D eigenvalue weighted by molar-refractivity contribution is 5.04. The van der Waals surface area contributed by atoms with Crippen LogP contribution in [0.5, 0.6) is 0 Å². The zero-order valence-electron chi connectivity index (χ0n) is 11.6. The Morgan fingerprint density at radius 3 is 2.65 bits per heavy atom. The highest BCUT2D eigenvalue weighted by Crippen LogP contribution is 2.24. The molecule has 0 saturated heterocycles. The van der Waals surface area contributed by atoms with Crippen LogP contribution in [-0.2, 0) is 6.54 Å². The van der Waals surface area contributed by atoms with Gasteiger partial charge in [0.05, 0.1) is 17.9 Å². The topological polar surface area (TPSA) is 42.7 Å². The molecule has 0 bridgehead atoms. The number of aryl methyl sites for hydroxylation is 1. The van der Waals surface area contributed by atoms with Gasteiger partial charge in [-0.1, -0.05) is 39.3 Å². The van der Waals surface area contributed by atoms with Crippen molar-refractivity contribution in [2.45, 2.75) is 59.5 Å². The third kappa shape index (κ3) is 3.80. The van der Waals surface area contributed by atoms with E-state index in [9.17, 15) is 0 Å². The Balaban J connectivity index is 2.84. The Morgan fingerprint density at radius 1 is 1.29 bits per heavy atom. The van der Waals surface area contributed by atoms with Crippen LogP contribution in [0.15, 0.2) is 6.20 Å². The second-order valence-corrected chi connectivity index (χ2v) is 4.68. The molecule has 0 saturated carbocycles. The quantitative estimate of drug-likeness (QED) is 0.757. The SMILES string of the molecule is CCCC(C)C(NCC)c1cnnn1CCC. The van der Waals surface area contributed by atoms with Gasteiger partial charge in [-0.25, -0.2) is 4.68 Å². The van der Waals surface area contributed by atoms with Crippen LogP contribution < -0.4 is 5.32 Å². The summed E-state index contributed by atoms with van der Waals surface area (Å²) in [7, 11) is 0. The molecule has 0 spiro atoms. The smallest absolute Gasteiger partial charge is 0.0759 e. The monoisotopic (exact) mass is 238 g/mol. The highest BCUT2D eigenvalue weighted by atomic mass is 15.4. The molecule has 0 aliphatic heterocycles. The third-order valence-corrected chi connectivity index (χ3v) is 3.14. The van der Waals surface area contributed by atoms with Crippen LogP contribution in [0, 0.1) is 5.92 Å². The molecule has 4 heteroatoms. The second-order valence-electron chi connectivity index (χ2n) is 4.68. The summed E-state index contributed by atoms with van der Waals surface area (Å²) in [4.78, 5) is 0. The first-order valence-corrected chi connectivity index (χ1v) is 6.86. The van der Waals surface area contributed by atoms with Crippen molar-refractivity contribution in [2.75, 3.05) is 6.54 Å². The molecule has 17 heavy (non-hydrogen) atoms. The molecule has 1 aromatic rings. The van der Waals surface area contributed by atoms with Gasteiger partial charge in [0.2, 0.25) is 0 Å². The molecule has 1 N–H and O–H groups in total. The number of hydrogen-bond acceptors (Lipinski definition) is 3. The molecule has 1 rings (SSSR count). The summed E-state index contributed by atoms with van der Waals surface area (Å²) in [6.45, 7) is 10.8. The minimum atomic E-state index is 0.376. The molecule has 98 valence electrons. The summed E-state index contributed by atoms with van der Waals surface area (Å²) in [5, 5.41) is 11.8. The Hall–Kier alpha value is -0.900. The van der Waals surface area contributed by atoms with Gasteiger partial charge in [0.15, 0.2) is 0 Å². The molecule has 2 unspecified atom stereocenters. The summed E-state index contributed by atoms with van der Waals surface area (Å²) >= 11 is 0. The third-order valence-electron chi connectivity index (χ3n) is 3.14. The van der Waals surface area contributed by atoms with Gasteiger partial charge in [0.25, 0.3) is 0 Å². The standard InChI is InChI=1S/C13H26N4/c1-5-8-11(4)13(14-7-3)12-10-15-16-17(12)9-6-2/h10-11,13-14H,5-9H2,1-4H3. The van der Waals surface area contributed by atoms with E-state index < -0.39 is 0 Å². The molecule has 0 amide bonds. The molecule has 1 heterocycles.